The van der Waals surface area contributed by atoms with Gasteiger partial charge in [0.15, 0.2) is 0 Å². The standard InChI is InChI=1S/C3H4Cl2F2O2S/c4-3(6,7)1-2-10(5,8)9/h1-2H2. The Morgan fingerprint density at radius 3 is 1.90 bits per heavy atom. The Kier molecular flexibility index (Phi) is 3.32. The van der Waals surface area contributed by atoms with Gasteiger partial charge in [0.25, 0.3) is 0 Å². The molecule has 0 aliphatic rings. The molecule has 7 heteroatoms. The van der Waals surface area contributed by atoms with E-state index in [1.807, 2.05) is 0 Å². The van der Waals surface area contributed by atoms with E-state index in [-0.39, 0.29) is 0 Å². The molecule has 0 aromatic carbocycles. The Morgan fingerprint density at radius 2 is 1.80 bits per heavy atom. The molecule has 0 N–H and O–H groups in total. The van der Waals surface area contributed by atoms with Crippen molar-refractivity contribution in [3.8, 4) is 0 Å². The summed E-state index contributed by atoms with van der Waals surface area (Å²) >= 11 is 4.38. The van der Waals surface area contributed by atoms with E-state index in [1.54, 1.807) is 0 Å². The minimum atomic E-state index is -3.85. The van der Waals surface area contributed by atoms with Crippen LogP contribution in [-0.2, 0) is 9.05 Å². The zero-order valence-electron chi connectivity index (χ0n) is 4.65. The van der Waals surface area contributed by atoms with E-state index in [9.17, 15) is 17.2 Å². The molecule has 0 aromatic heterocycles. The van der Waals surface area contributed by atoms with E-state index < -0.39 is 26.6 Å². The molecule has 0 spiro atoms. The first-order valence-electron chi connectivity index (χ1n) is 2.20. The van der Waals surface area contributed by atoms with Crippen molar-refractivity contribution in [2.75, 3.05) is 5.75 Å². The summed E-state index contributed by atoms with van der Waals surface area (Å²) < 4.78 is 43.5. The molecule has 0 aliphatic heterocycles. The van der Waals surface area contributed by atoms with Crippen molar-refractivity contribution in [2.45, 2.75) is 11.8 Å². The highest BCUT2D eigenvalue weighted by atomic mass is 35.7. The van der Waals surface area contributed by atoms with Gasteiger partial charge in [-0.05, 0) is 11.6 Å². The Labute approximate surface area is 66.5 Å². The maximum atomic E-state index is 11.7. The van der Waals surface area contributed by atoms with E-state index in [4.69, 9.17) is 0 Å². The summed E-state index contributed by atoms with van der Waals surface area (Å²) in [6, 6.07) is 0. The molecule has 0 unspecified atom stereocenters. The second-order valence-electron chi connectivity index (χ2n) is 1.61. The zero-order chi connectivity index (χ0) is 8.41. The third-order valence-electron chi connectivity index (χ3n) is 0.629. The molecule has 0 saturated heterocycles. The average molecular weight is 213 g/mol. The largest absolute Gasteiger partial charge is 0.322 e. The lowest BCUT2D eigenvalue weighted by atomic mass is 10.5. The summed E-state index contributed by atoms with van der Waals surface area (Å²) in [5.74, 6) is -0.814. The highest BCUT2D eigenvalue weighted by Gasteiger charge is 2.26. The summed E-state index contributed by atoms with van der Waals surface area (Å²) in [5.41, 5.74) is 0. The van der Waals surface area contributed by atoms with Gasteiger partial charge < -0.3 is 0 Å². The van der Waals surface area contributed by atoms with Crippen LogP contribution in [0.25, 0.3) is 0 Å². The van der Waals surface area contributed by atoms with Gasteiger partial charge in [-0.3, -0.25) is 0 Å². The number of rotatable bonds is 3. The van der Waals surface area contributed by atoms with Crippen LogP contribution in [0.4, 0.5) is 8.78 Å². The fourth-order valence-electron chi connectivity index (χ4n) is 0.238. The second kappa shape index (κ2) is 3.19. The van der Waals surface area contributed by atoms with Crippen LogP contribution in [-0.4, -0.2) is 19.6 Å². The zero-order valence-corrected chi connectivity index (χ0v) is 6.98. The Morgan fingerprint density at radius 1 is 1.40 bits per heavy atom. The molecule has 0 aliphatic carbocycles. The number of halogens is 4. The first-order chi connectivity index (χ1) is 4.21. The predicted molar refractivity (Wildman–Crippen MR) is 35.1 cm³/mol. The molecule has 2 nitrogen and oxygen atoms in total. The molecule has 0 rings (SSSR count). The summed E-state index contributed by atoms with van der Waals surface area (Å²) in [6.45, 7) is 0. The van der Waals surface area contributed by atoms with E-state index in [0.29, 0.717) is 0 Å². The smallest absolute Gasteiger partial charge is 0.212 e. The second-order valence-corrected chi connectivity index (χ2v) is 5.06. The van der Waals surface area contributed by atoms with Crippen molar-refractivity contribution < 1.29 is 17.2 Å². The number of alkyl halides is 3. The number of hydrogen-bond donors (Lipinski definition) is 0. The van der Waals surface area contributed by atoms with Gasteiger partial charge in [0.2, 0.25) is 9.05 Å². The summed E-state index contributed by atoms with van der Waals surface area (Å²) in [7, 11) is 0.770. The van der Waals surface area contributed by atoms with E-state index in [0.717, 1.165) is 0 Å². The lowest BCUT2D eigenvalue weighted by Gasteiger charge is -2.03. The van der Waals surface area contributed by atoms with Crippen molar-refractivity contribution in [1.29, 1.82) is 0 Å². The van der Waals surface area contributed by atoms with Crippen molar-refractivity contribution in [2.24, 2.45) is 0 Å². The fraction of sp³-hybridized carbons (Fsp3) is 1.00. The molecule has 0 amide bonds. The first kappa shape index (κ1) is 10.4. The van der Waals surface area contributed by atoms with E-state index >= 15 is 0 Å². The maximum absolute atomic E-state index is 11.7. The molecule has 0 fully saturated rings. The molecule has 0 saturated carbocycles. The maximum Gasteiger partial charge on any atom is 0.322 e. The van der Waals surface area contributed by atoms with Crippen molar-refractivity contribution in [3.63, 3.8) is 0 Å². The van der Waals surface area contributed by atoms with Crippen LogP contribution in [0, 0.1) is 0 Å². The van der Waals surface area contributed by atoms with Crippen molar-refractivity contribution >= 4 is 31.3 Å². The van der Waals surface area contributed by atoms with Gasteiger partial charge >= 0.3 is 5.38 Å². The fourth-order valence-corrected chi connectivity index (χ4v) is 1.18. The normalized spacial score (nSPS) is 13.6. The van der Waals surface area contributed by atoms with E-state index in [2.05, 4.69) is 22.3 Å². The van der Waals surface area contributed by atoms with Gasteiger partial charge in [0.05, 0.1) is 5.75 Å². The monoisotopic (exact) mass is 212 g/mol. The van der Waals surface area contributed by atoms with Gasteiger partial charge in [0, 0.05) is 17.1 Å². The minimum absolute atomic E-state index is 0.814. The van der Waals surface area contributed by atoms with Crippen LogP contribution in [0.1, 0.15) is 6.42 Å². The van der Waals surface area contributed by atoms with Crippen molar-refractivity contribution in [3.05, 3.63) is 0 Å². The average Bonchev–Trinajstić information content (AvgIpc) is 1.57. The molecular weight excluding hydrogens is 209 g/mol. The van der Waals surface area contributed by atoms with Crippen LogP contribution in [0.2, 0.25) is 0 Å². The van der Waals surface area contributed by atoms with Crippen LogP contribution in [0.3, 0.4) is 0 Å². The Hall–Kier alpha value is 0.390. The molecule has 0 aromatic rings. The van der Waals surface area contributed by atoms with Crippen LogP contribution >= 0.6 is 22.3 Å². The molecule has 0 atom stereocenters. The summed E-state index contributed by atoms with van der Waals surface area (Å²) in [4.78, 5) is 0. The highest BCUT2D eigenvalue weighted by molar-refractivity contribution is 8.13. The predicted octanol–water partition coefficient (Wildman–Crippen LogP) is 1.78. The van der Waals surface area contributed by atoms with E-state index in [1.165, 1.54) is 0 Å². The third-order valence-corrected chi connectivity index (χ3v) is 1.97. The summed E-state index contributed by atoms with van der Waals surface area (Å²) in [6.07, 6.45) is -0.958. The lowest BCUT2D eigenvalue weighted by Crippen LogP contribution is -2.11. The van der Waals surface area contributed by atoms with Gasteiger partial charge in [0.1, 0.15) is 0 Å². The molecule has 0 radical (unpaired) electrons. The molecule has 62 valence electrons. The molecule has 0 heterocycles. The first-order valence-corrected chi connectivity index (χ1v) is 5.05. The van der Waals surface area contributed by atoms with Gasteiger partial charge in [-0.25, -0.2) is 8.42 Å². The summed E-state index contributed by atoms with van der Waals surface area (Å²) in [5, 5.41) is -3.48. The quantitative estimate of drug-likeness (QED) is 0.528. The Bertz CT molecular complexity index is 195. The third kappa shape index (κ3) is 8.39. The van der Waals surface area contributed by atoms with Crippen molar-refractivity contribution in [1.82, 2.24) is 0 Å². The number of hydrogen-bond acceptors (Lipinski definition) is 2. The van der Waals surface area contributed by atoms with Crippen LogP contribution < -0.4 is 0 Å². The SMILES string of the molecule is O=S(=O)(Cl)CCC(F)(F)Cl. The van der Waals surface area contributed by atoms with Crippen LogP contribution in [0.5, 0.6) is 0 Å². The Balaban J connectivity index is 3.79. The van der Waals surface area contributed by atoms with Gasteiger partial charge in [-0.1, -0.05) is 0 Å². The molecule has 10 heavy (non-hydrogen) atoms. The lowest BCUT2D eigenvalue weighted by molar-refractivity contribution is 0.0930. The molecule has 0 bridgehead atoms. The topological polar surface area (TPSA) is 34.1 Å². The minimum Gasteiger partial charge on any atom is -0.212 e. The van der Waals surface area contributed by atoms with Gasteiger partial charge in [-0.2, -0.15) is 8.78 Å². The van der Waals surface area contributed by atoms with Crippen LogP contribution in [0.15, 0.2) is 0 Å². The highest BCUT2D eigenvalue weighted by Crippen LogP contribution is 2.24. The van der Waals surface area contributed by atoms with Gasteiger partial charge in [-0.15, -0.1) is 0 Å². The molecular formula is C3H4Cl2F2O2S.